The molecule has 1 amide bonds. The van der Waals surface area contributed by atoms with Gasteiger partial charge in [-0.2, -0.15) is 0 Å². The summed E-state index contributed by atoms with van der Waals surface area (Å²) in [7, 11) is 0. The molecule has 2 heterocycles. The van der Waals surface area contributed by atoms with Gasteiger partial charge >= 0.3 is 0 Å². The molecule has 0 spiro atoms. The average Bonchev–Trinajstić information content (AvgIpc) is 3.19. The molecule has 118 valence electrons. The summed E-state index contributed by atoms with van der Waals surface area (Å²) >= 11 is 0. The third-order valence-electron chi connectivity index (χ3n) is 5.93. The molecule has 0 N–H and O–H groups in total. The lowest BCUT2D eigenvalue weighted by molar-refractivity contribution is -0.132. The number of fused-ring (bicyclic) bond motifs is 2. The van der Waals surface area contributed by atoms with Crippen LogP contribution in [0.25, 0.3) is 0 Å². The van der Waals surface area contributed by atoms with Gasteiger partial charge in [-0.1, -0.05) is 12.5 Å². The Bertz CT molecular complexity index is 524. The predicted octanol–water partition coefficient (Wildman–Crippen LogP) is 2.56. The fourth-order valence-electron chi connectivity index (χ4n) is 4.71. The molecule has 4 heteroatoms. The summed E-state index contributed by atoms with van der Waals surface area (Å²) in [4.78, 5) is 21.3. The summed E-state index contributed by atoms with van der Waals surface area (Å²) in [6.07, 6.45) is 8.12. The highest BCUT2D eigenvalue weighted by atomic mass is 16.2. The number of piperazine rings is 1. The normalized spacial score (nSPS) is 30.8. The molecule has 1 aromatic rings. The first-order valence-corrected chi connectivity index (χ1v) is 8.73. The predicted molar refractivity (Wildman–Crippen MR) is 86.6 cm³/mol. The van der Waals surface area contributed by atoms with Gasteiger partial charge in [-0.05, 0) is 49.1 Å². The zero-order chi connectivity index (χ0) is 14.9. The molecule has 2 bridgehead atoms. The van der Waals surface area contributed by atoms with Gasteiger partial charge in [-0.3, -0.25) is 4.79 Å². The molecule has 1 aromatic heterocycles. The van der Waals surface area contributed by atoms with Crippen LogP contribution in [0.4, 0.5) is 5.82 Å². The second-order valence-corrected chi connectivity index (χ2v) is 7.19. The first kappa shape index (κ1) is 14.0. The second-order valence-electron chi connectivity index (χ2n) is 7.19. The highest BCUT2D eigenvalue weighted by Gasteiger charge is 2.40. The van der Waals surface area contributed by atoms with Gasteiger partial charge in [0.15, 0.2) is 0 Å². The Kier molecular flexibility index (Phi) is 3.77. The Hall–Kier alpha value is -1.58. The van der Waals surface area contributed by atoms with Crippen LogP contribution in [0.1, 0.15) is 32.1 Å². The molecule has 22 heavy (non-hydrogen) atoms. The summed E-state index contributed by atoms with van der Waals surface area (Å²) in [6, 6.07) is 6.01. The van der Waals surface area contributed by atoms with Gasteiger partial charge in [-0.25, -0.2) is 4.98 Å². The fourth-order valence-corrected chi connectivity index (χ4v) is 4.71. The number of carbonyl (C=O) groups excluding carboxylic acids is 1. The summed E-state index contributed by atoms with van der Waals surface area (Å²) in [5, 5.41) is 0. The molecule has 1 aliphatic heterocycles. The maximum Gasteiger partial charge on any atom is 0.222 e. The van der Waals surface area contributed by atoms with Crippen molar-refractivity contribution in [2.45, 2.75) is 32.1 Å². The van der Waals surface area contributed by atoms with Gasteiger partial charge in [0.05, 0.1) is 0 Å². The van der Waals surface area contributed by atoms with Crippen LogP contribution >= 0.6 is 0 Å². The van der Waals surface area contributed by atoms with E-state index in [1.165, 1.54) is 25.7 Å². The number of hydrogen-bond donors (Lipinski definition) is 0. The molecule has 3 atom stereocenters. The Labute approximate surface area is 132 Å². The van der Waals surface area contributed by atoms with Crippen molar-refractivity contribution in [1.82, 2.24) is 9.88 Å². The fraction of sp³-hybridized carbons (Fsp3) is 0.667. The van der Waals surface area contributed by atoms with Gasteiger partial charge < -0.3 is 9.80 Å². The van der Waals surface area contributed by atoms with Crippen LogP contribution < -0.4 is 4.90 Å². The number of anilines is 1. The first-order valence-electron chi connectivity index (χ1n) is 8.73. The smallest absolute Gasteiger partial charge is 0.222 e. The van der Waals surface area contributed by atoms with Gasteiger partial charge in [0.1, 0.15) is 5.82 Å². The summed E-state index contributed by atoms with van der Waals surface area (Å²) in [5.74, 6) is 3.88. The molecular weight excluding hydrogens is 274 g/mol. The van der Waals surface area contributed by atoms with E-state index < -0.39 is 0 Å². The van der Waals surface area contributed by atoms with Crippen LogP contribution in [0.5, 0.6) is 0 Å². The lowest BCUT2D eigenvalue weighted by Crippen LogP contribution is -2.49. The summed E-state index contributed by atoms with van der Waals surface area (Å²) in [5.41, 5.74) is 0. The topological polar surface area (TPSA) is 36.4 Å². The SMILES string of the molecule is O=C(C[C@@H]1C[C@H]2CC[C@@H]1C2)N1CCN(c2ccccn2)CC1. The van der Waals surface area contributed by atoms with Gasteiger partial charge in [0, 0.05) is 38.8 Å². The third kappa shape index (κ3) is 2.71. The van der Waals surface area contributed by atoms with Crippen LogP contribution in [0, 0.1) is 17.8 Å². The van der Waals surface area contributed by atoms with Crippen LogP contribution in [0.15, 0.2) is 24.4 Å². The van der Waals surface area contributed by atoms with Crippen molar-refractivity contribution in [3.05, 3.63) is 24.4 Å². The minimum absolute atomic E-state index is 0.387. The molecule has 3 aliphatic rings. The highest BCUT2D eigenvalue weighted by molar-refractivity contribution is 5.77. The number of rotatable bonds is 3. The molecule has 0 radical (unpaired) electrons. The van der Waals surface area contributed by atoms with Crippen molar-refractivity contribution in [1.29, 1.82) is 0 Å². The van der Waals surface area contributed by atoms with Crippen molar-refractivity contribution in [3.8, 4) is 0 Å². The van der Waals surface area contributed by atoms with Crippen molar-refractivity contribution < 1.29 is 4.79 Å². The molecule has 4 nitrogen and oxygen atoms in total. The first-order chi connectivity index (χ1) is 10.8. The zero-order valence-corrected chi connectivity index (χ0v) is 13.2. The van der Waals surface area contributed by atoms with Crippen LogP contribution in [-0.4, -0.2) is 42.0 Å². The average molecular weight is 299 g/mol. The van der Waals surface area contributed by atoms with E-state index in [4.69, 9.17) is 0 Å². The van der Waals surface area contributed by atoms with E-state index >= 15 is 0 Å². The Morgan fingerprint density at radius 1 is 1.14 bits per heavy atom. The van der Waals surface area contributed by atoms with Gasteiger partial charge in [0.25, 0.3) is 0 Å². The van der Waals surface area contributed by atoms with E-state index in [9.17, 15) is 4.79 Å². The Morgan fingerprint density at radius 3 is 2.64 bits per heavy atom. The highest BCUT2D eigenvalue weighted by Crippen LogP contribution is 2.49. The van der Waals surface area contributed by atoms with Crippen molar-refractivity contribution >= 4 is 11.7 Å². The Morgan fingerprint density at radius 2 is 2.00 bits per heavy atom. The van der Waals surface area contributed by atoms with E-state index in [-0.39, 0.29) is 0 Å². The quantitative estimate of drug-likeness (QED) is 0.860. The number of hydrogen-bond acceptors (Lipinski definition) is 3. The van der Waals surface area contributed by atoms with Crippen LogP contribution in [0.3, 0.4) is 0 Å². The molecular formula is C18H25N3O. The standard InChI is InChI=1S/C18H25N3O/c22-18(13-16-12-14-4-5-15(16)11-14)21-9-7-20(8-10-21)17-3-1-2-6-19-17/h1-3,6,14-16H,4-5,7-13H2/t14-,15+,16-/m0/s1. The minimum atomic E-state index is 0.387. The number of aromatic nitrogens is 1. The lowest BCUT2D eigenvalue weighted by Gasteiger charge is -2.36. The van der Waals surface area contributed by atoms with Crippen LogP contribution in [-0.2, 0) is 4.79 Å². The van der Waals surface area contributed by atoms with Crippen molar-refractivity contribution in [3.63, 3.8) is 0 Å². The van der Waals surface area contributed by atoms with E-state index in [2.05, 4.69) is 14.8 Å². The number of amides is 1. The third-order valence-corrected chi connectivity index (χ3v) is 5.93. The van der Waals surface area contributed by atoms with E-state index in [1.807, 2.05) is 24.4 Å². The monoisotopic (exact) mass is 299 g/mol. The molecule has 2 saturated carbocycles. The lowest BCUT2D eigenvalue weighted by atomic mass is 9.86. The number of nitrogens with zero attached hydrogens (tertiary/aromatic N) is 3. The second kappa shape index (κ2) is 5.90. The zero-order valence-electron chi connectivity index (χ0n) is 13.2. The maximum atomic E-state index is 12.6. The molecule has 2 aliphatic carbocycles. The minimum Gasteiger partial charge on any atom is -0.353 e. The summed E-state index contributed by atoms with van der Waals surface area (Å²) in [6.45, 7) is 3.49. The molecule has 1 saturated heterocycles. The van der Waals surface area contributed by atoms with Crippen molar-refractivity contribution in [2.75, 3.05) is 31.1 Å². The van der Waals surface area contributed by atoms with Gasteiger partial charge in [-0.15, -0.1) is 0 Å². The molecule has 4 rings (SSSR count). The molecule has 3 fully saturated rings. The largest absolute Gasteiger partial charge is 0.353 e. The summed E-state index contributed by atoms with van der Waals surface area (Å²) < 4.78 is 0. The maximum absolute atomic E-state index is 12.6. The molecule has 0 aromatic carbocycles. The molecule has 0 unspecified atom stereocenters. The van der Waals surface area contributed by atoms with E-state index in [0.717, 1.165) is 50.3 Å². The van der Waals surface area contributed by atoms with Gasteiger partial charge in [0.2, 0.25) is 5.91 Å². The van der Waals surface area contributed by atoms with E-state index in [1.54, 1.807) is 0 Å². The van der Waals surface area contributed by atoms with E-state index in [0.29, 0.717) is 11.8 Å². The van der Waals surface area contributed by atoms with Crippen LogP contribution in [0.2, 0.25) is 0 Å². The number of carbonyl (C=O) groups is 1. The van der Waals surface area contributed by atoms with Crippen molar-refractivity contribution in [2.24, 2.45) is 17.8 Å². The number of pyridine rings is 1. The Balaban J connectivity index is 1.29.